The van der Waals surface area contributed by atoms with E-state index in [2.05, 4.69) is 102 Å². The standard InChI is InChI=1S/C33H44O/c1-26(16-11-18-28(3)21-23-31(6)34)14-9-10-15-27(2)17-12-19-29(4)22-24-32-30(5)20-13-25-33(32,7)8/h9-12,14-19,21-24H,13,20,25H2,1-8H3/b10-9+,16-11+,17-12+,23-21+,24-22+,26-14+,27-15+,28-18+,29-19+. The van der Waals surface area contributed by atoms with Crippen LogP contribution in [0.2, 0.25) is 0 Å². The number of allylic oxidation sites excluding steroid dienone is 20. The minimum absolute atomic E-state index is 0.0610. The van der Waals surface area contributed by atoms with Crippen LogP contribution in [0.4, 0.5) is 0 Å². The van der Waals surface area contributed by atoms with Gasteiger partial charge in [0.2, 0.25) is 0 Å². The van der Waals surface area contributed by atoms with Crippen molar-refractivity contribution in [1.82, 2.24) is 0 Å². The summed E-state index contributed by atoms with van der Waals surface area (Å²) in [7, 11) is 0. The zero-order chi connectivity index (χ0) is 25.6. The van der Waals surface area contributed by atoms with Crippen molar-refractivity contribution in [3.05, 3.63) is 119 Å². The number of carbonyl (C=O) groups is 1. The molecule has 1 aliphatic carbocycles. The molecule has 182 valence electrons. The molecule has 1 heteroatoms. The van der Waals surface area contributed by atoms with Crippen molar-refractivity contribution in [2.45, 2.75) is 74.7 Å². The van der Waals surface area contributed by atoms with E-state index < -0.39 is 0 Å². The van der Waals surface area contributed by atoms with E-state index in [0.29, 0.717) is 0 Å². The summed E-state index contributed by atoms with van der Waals surface area (Å²) in [5.74, 6) is 0.0610. The third kappa shape index (κ3) is 12.3. The van der Waals surface area contributed by atoms with Gasteiger partial charge in [-0.1, -0.05) is 121 Å². The molecule has 0 heterocycles. The van der Waals surface area contributed by atoms with Gasteiger partial charge >= 0.3 is 0 Å². The molecule has 0 aromatic heterocycles. The first-order valence-electron chi connectivity index (χ1n) is 12.3. The molecular formula is C33H44O. The second-order valence-electron chi connectivity index (χ2n) is 9.95. The fourth-order valence-corrected chi connectivity index (χ4v) is 3.81. The molecule has 0 atom stereocenters. The quantitative estimate of drug-likeness (QED) is 0.236. The number of hydrogen-bond donors (Lipinski definition) is 0. The third-order valence-electron chi connectivity index (χ3n) is 5.90. The molecule has 34 heavy (non-hydrogen) atoms. The normalized spacial score (nSPS) is 19.2. The first kappa shape index (κ1) is 29.1. The summed E-state index contributed by atoms with van der Waals surface area (Å²) < 4.78 is 0. The molecule has 1 aliphatic rings. The third-order valence-corrected chi connectivity index (χ3v) is 5.90. The summed E-state index contributed by atoms with van der Waals surface area (Å²) in [6.45, 7) is 16.9. The van der Waals surface area contributed by atoms with Crippen molar-refractivity contribution in [1.29, 1.82) is 0 Å². The summed E-state index contributed by atoms with van der Waals surface area (Å²) >= 11 is 0. The second-order valence-corrected chi connectivity index (χ2v) is 9.95. The molecule has 0 spiro atoms. The fourth-order valence-electron chi connectivity index (χ4n) is 3.81. The molecule has 0 aromatic rings. The van der Waals surface area contributed by atoms with Gasteiger partial charge in [0, 0.05) is 0 Å². The molecule has 0 amide bonds. The van der Waals surface area contributed by atoms with E-state index in [1.54, 1.807) is 13.0 Å². The van der Waals surface area contributed by atoms with Crippen molar-refractivity contribution in [3.8, 4) is 0 Å². The number of ketones is 1. The Kier molecular flexibility index (Phi) is 12.9. The van der Waals surface area contributed by atoms with E-state index in [9.17, 15) is 4.79 Å². The monoisotopic (exact) mass is 456 g/mol. The zero-order valence-electron chi connectivity index (χ0n) is 22.6. The summed E-state index contributed by atoms with van der Waals surface area (Å²) in [4.78, 5) is 11.0. The molecule has 0 fully saturated rings. The Morgan fingerprint density at radius 2 is 1.15 bits per heavy atom. The van der Waals surface area contributed by atoms with E-state index >= 15 is 0 Å². The van der Waals surface area contributed by atoms with Crippen LogP contribution < -0.4 is 0 Å². The van der Waals surface area contributed by atoms with Gasteiger partial charge < -0.3 is 0 Å². The summed E-state index contributed by atoms with van der Waals surface area (Å²) in [6, 6.07) is 0. The number of hydrogen-bond acceptors (Lipinski definition) is 1. The molecule has 1 rings (SSSR count). The van der Waals surface area contributed by atoms with Gasteiger partial charge in [-0.15, -0.1) is 0 Å². The maximum absolute atomic E-state index is 11.0. The van der Waals surface area contributed by atoms with Gasteiger partial charge in [-0.2, -0.15) is 0 Å². The number of rotatable bonds is 10. The van der Waals surface area contributed by atoms with Crippen LogP contribution in [0.5, 0.6) is 0 Å². The number of carbonyl (C=O) groups excluding carboxylic acids is 1. The minimum atomic E-state index is 0.0610. The molecule has 0 aliphatic heterocycles. The van der Waals surface area contributed by atoms with E-state index in [-0.39, 0.29) is 11.2 Å². The van der Waals surface area contributed by atoms with E-state index in [4.69, 9.17) is 0 Å². The average Bonchev–Trinajstić information content (AvgIpc) is 2.74. The van der Waals surface area contributed by atoms with Crippen LogP contribution in [0.1, 0.15) is 74.7 Å². The van der Waals surface area contributed by atoms with Crippen molar-refractivity contribution in [3.63, 3.8) is 0 Å². The van der Waals surface area contributed by atoms with Gasteiger partial charge in [0.05, 0.1) is 0 Å². The predicted octanol–water partition coefficient (Wildman–Crippen LogP) is 9.67. The highest BCUT2D eigenvalue weighted by molar-refractivity contribution is 5.87. The van der Waals surface area contributed by atoms with Gasteiger partial charge in [0.15, 0.2) is 5.78 Å². The molecular weight excluding hydrogens is 412 g/mol. The summed E-state index contributed by atoms with van der Waals surface area (Å²) in [5, 5.41) is 0. The van der Waals surface area contributed by atoms with Crippen LogP contribution in [0.15, 0.2) is 119 Å². The van der Waals surface area contributed by atoms with Crippen LogP contribution in [0.3, 0.4) is 0 Å². The lowest BCUT2D eigenvalue weighted by atomic mass is 9.72. The predicted molar refractivity (Wildman–Crippen MR) is 152 cm³/mol. The largest absolute Gasteiger partial charge is 0.295 e. The van der Waals surface area contributed by atoms with Crippen LogP contribution >= 0.6 is 0 Å². The maximum atomic E-state index is 11.0. The van der Waals surface area contributed by atoms with Gasteiger partial charge in [-0.25, -0.2) is 0 Å². The molecule has 0 bridgehead atoms. The first-order chi connectivity index (χ1) is 16.0. The van der Waals surface area contributed by atoms with Gasteiger partial charge in [-0.05, 0) is 77.9 Å². The highest BCUT2D eigenvalue weighted by atomic mass is 16.1. The topological polar surface area (TPSA) is 17.1 Å². The molecule has 0 radical (unpaired) electrons. The summed E-state index contributed by atoms with van der Waals surface area (Å²) in [5.41, 5.74) is 7.99. The second kappa shape index (κ2) is 15.1. The van der Waals surface area contributed by atoms with Crippen molar-refractivity contribution >= 4 is 5.78 Å². The van der Waals surface area contributed by atoms with Crippen LogP contribution in [-0.2, 0) is 4.79 Å². The van der Waals surface area contributed by atoms with Crippen LogP contribution in [-0.4, -0.2) is 5.78 Å². The van der Waals surface area contributed by atoms with E-state index in [1.165, 1.54) is 41.6 Å². The van der Waals surface area contributed by atoms with Gasteiger partial charge in [0.25, 0.3) is 0 Å². The van der Waals surface area contributed by atoms with E-state index in [1.807, 2.05) is 25.2 Å². The lowest BCUT2D eigenvalue weighted by Gasteiger charge is -2.32. The average molecular weight is 457 g/mol. The van der Waals surface area contributed by atoms with Gasteiger partial charge in [-0.3, -0.25) is 4.79 Å². The zero-order valence-corrected chi connectivity index (χ0v) is 22.6. The smallest absolute Gasteiger partial charge is 0.152 e. The Bertz CT molecular complexity index is 1000. The molecule has 0 saturated heterocycles. The summed E-state index contributed by atoms with van der Waals surface area (Å²) in [6.07, 6.45) is 32.5. The van der Waals surface area contributed by atoms with Crippen molar-refractivity contribution < 1.29 is 4.79 Å². The molecule has 1 nitrogen and oxygen atoms in total. The first-order valence-corrected chi connectivity index (χ1v) is 12.3. The maximum Gasteiger partial charge on any atom is 0.152 e. The fraction of sp³-hybridized carbons (Fsp3) is 0.364. The lowest BCUT2D eigenvalue weighted by Crippen LogP contribution is -2.19. The Morgan fingerprint density at radius 3 is 1.65 bits per heavy atom. The molecule has 0 N–H and O–H groups in total. The Hall–Kier alpha value is -2.93. The molecule has 0 aromatic carbocycles. The highest BCUT2D eigenvalue weighted by Gasteiger charge is 2.26. The van der Waals surface area contributed by atoms with Crippen LogP contribution in [0, 0.1) is 5.41 Å². The Morgan fingerprint density at radius 1 is 0.676 bits per heavy atom. The highest BCUT2D eigenvalue weighted by Crippen LogP contribution is 2.40. The van der Waals surface area contributed by atoms with E-state index in [0.717, 1.165) is 11.1 Å². The molecule has 0 unspecified atom stereocenters. The minimum Gasteiger partial charge on any atom is -0.295 e. The van der Waals surface area contributed by atoms with Crippen molar-refractivity contribution in [2.75, 3.05) is 0 Å². The Balaban J connectivity index is 2.63. The van der Waals surface area contributed by atoms with Gasteiger partial charge in [0.1, 0.15) is 0 Å². The van der Waals surface area contributed by atoms with Crippen LogP contribution in [0.25, 0.3) is 0 Å². The van der Waals surface area contributed by atoms with Crippen molar-refractivity contribution in [2.24, 2.45) is 5.41 Å². The lowest BCUT2D eigenvalue weighted by molar-refractivity contribution is -0.112. The Labute approximate surface area is 209 Å². The SMILES string of the molecule is CC(=O)/C=C/C(C)=C/C=C/C(C)=C/C=C/C=C(C)/C=C/C=C(C)/C=C/C1=C(C)CCCC1(C)C. The molecule has 0 saturated carbocycles.